The highest BCUT2D eigenvalue weighted by Crippen LogP contribution is 2.45. The van der Waals surface area contributed by atoms with E-state index in [0.29, 0.717) is 25.7 Å². The first-order valence-electron chi connectivity index (χ1n) is 40.5. The van der Waals surface area contributed by atoms with Crippen LogP contribution in [-0.2, 0) is 65.4 Å². The third kappa shape index (κ3) is 71.9. The molecule has 0 bridgehead atoms. The molecule has 0 aliphatic carbocycles. The Morgan fingerprint density at radius 3 is 0.837 bits per heavy atom. The third-order valence-electron chi connectivity index (χ3n) is 17.9. The van der Waals surface area contributed by atoms with Gasteiger partial charge >= 0.3 is 39.5 Å². The smallest absolute Gasteiger partial charge is 0.462 e. The lowest BCUT2D eigenvalue weighted by Crippen LogP contribution is -2.30. The van der Waals surface area contributed by atoms with Gasteiger partial charge in [-0.1, -0.05) is 341 Å². The van der Waals surface area contributed by atoms with Gasteiger partial charge in [0.05, 0.1) is 26.4 Å². The van der Waals surface area contributed by atoms with Crippen LogP contribution in [0.15, 0.2) is 24.3 Å². The van der Waals surface area contributed by atoms with E-state index in [0.717, 1.165) is 115 Å². The van der Waals surface area contributed by atoms with E-state index >= 15 is 0 Å². The van der Waals surface area contributed by atoms with Crippen molar-refractivity contribution in [2.24, 2.45) is 5.92 Å². The van der Waals surface area contributed by atoms with E-state index in [1.165, 1.54) is 199 Å². The average molecular weight is 1430 g/mol. The van der Waals surface area contributed by atoms with Crippen LogP contribution in [-0.4, -0.2) is 96.7 Å². The fourth-order valence-corrected chi connectivity index (χ4v) is 13.3. The Bertz CT molecular complexity index is 1970. The fraction of sp³-hybridized carbons (Fsp3) is 0.899. The molecule has 0 aromatic rings. The molecule has 0 amide bonds. The second-order valence-electron chi connectivity index (χ2n) is 28.2. The molecule has 0 aromatic carbocycles. The van der Waals surface area contributed by atoms with Crippen LogP contribution in [0.1, 0.15) is 394 Å². The van der Waals surface area contributed by atoms with Crippen molar-refractivity contribution >= 4 is 39.5 Å². The Hall–Kier alpha value is -2.46. The van der Waals surface area contributed by atoms with Gasteiger partial charge in [0.15, 0.2) is 12.2 Å². The molecule has 19 heteroatoms. The number of aliphatic hydroxyl groups is 1. The van der Waals surface area contributed by atoms with Crippen LogP contribution in [0.3, 0.4) is 0 Å². The first-order chi connectivity index (χ1) is 47.5. The summed E-state index contributed by atoms with van der Waals surface area (Å²) in [5, 5.41) is 10.6. The quantitative estimate of drug-likeness (QED) is 0.0169. The largest absolute Gasteiger partial charge is 0.472 e. The van der Waals surface area contributed by atoms with E-state index in [9.17, 15) is 43.2 Å². The molecule has 98 heavy (non-hydrogen) atoms. The number of allylic oxidation sites excluding steroid dienone is 4. The molecule has 0 heterocycles. The number of hydrogen-bond acceptors (Lipinski definition) is 15. The molecule has 0 aromatic heterocycles. The van der Waals surface area contributed by atoms with Crippen LogP contribution >= 0.6 is 15.6 Å². The zero-order valence-electron chi connectivity index (χ0n) is 63.4. The van der Waals surface area contributed by atoms with Gasteiger partial charge in [0.25, 0.3) is 0 Å². The molecule has 0 aliphatic heterocycles. The van der Waals surface area contributed by atoms with Crippen LogP contribution in [0.4, 0.5) is 0 Å². The summed E-state index contributed by atoms with van der Waals surface area (Å²) in [5.41, 5.74) is 0. The number of carbonyl (C=O) groups excluding carboxylic acids is 4. The number of ether oxygens (including phenoxy) is 4. The monoisotopic (exact) mass is 1430 g/mol. The summed E-state index contributed by atoms with van der Waals surface area (Å²) >= 11 is 0. The second kappa shape index (κ2) is 71.5. The summed E-state index contributed by atoms with van der Waals surface area (Å²) in [6, 6.07) is 0. The molecule has 0 spiro atoms. The van der Waals surface area contributed by atoms with Gasteiger partial charge in [0.2, 0.25) is 0 Å². The van der Waals surface area contributed by atoms with Gasteiger partial charge in [-0.2, -0.15) is 0 Å². The summed E-state index contributed by atoms with van der Waals surface area (Å²) in [4.78, 5) is 72.9. The topological polar surface area (TPSA) is 237 Å². The highest BCUT2D eigenvalue weighted by molar-refractivity contribution is 7.47. The summed E-state index contributed by atoms with van der Waals surface area (Å²) in [6.45, 7) is 7.28. The second-order valence-corrected chi connectivity index (χ2v) is 31.2. The molecule has 578 valence electrons. The number of phosphoric ester groups is 2. The molecule has 3 N–H and O–H groups in total. The van der Waals surface area contributed by atoms with Gasteiger partial charge in [0, 0.05) is 25.7 Å². The number of phosphoric acid groups is 2. The molecule has 0 fully saturated rings. The van der Waals surface area contributed by atoms with Gasteiger partial charge < -0.3 is 33.8 Å². The maximum atomic E-state index is 13.1. The van der Waals surface area contributed by atoms with E-state index in [2.05, 4.69) is 58.9 Å². The Morgan fingerprint density at radius 1 is 0.316 bits per heavy atom. The lowest BCUT2D eigenvalue weighted by atomic mass is 10.0. The van der Waals surface area contributed by atoms with E-state index < -0.39 is 97.5 Å². The van der Waals surface area contributed by atoms with E-state index in [1.54, 1.807) is 0 Å². The lowest BCUT2D eigenvalue weighted by molar-refractivity contribution is -0.161. The van der Waals surface area contributed by atoms with Crippen LogP contribution in [0.2, 0.25) is 0 Å². The van der Waals surface area contributed by atoms with Crippen molar-refractivity contribution < 1.29 is 80.2 Å². The van der Waals surface area contributed by atoms with Crippen molar-refractivity contribution in [3.8, 4) is 0 Å². The minimum atomic E-state index is -4.97. The molecular weight excluding hydrogens is 1280 g/mol. The number of aliphatic hydroxyl groups excluding tert-OH is 1. The first kappa shape index (κ1) is 95.5. The Balaban J connectivity index is 5.30. The minimum absolute atomic E-state index is 0.101. The Labute approximate surface area is 599 Å². The molecule has 2 unspecified atom stereocenters. The summed E-state index contributed by atoms with van der Waals surface area (Å²) in [7, 11) is -9.93. The van der Waals surface area contributed by atoms with Gasteiger partial charge in [-0.05, 0) is 57.3 Å². The molecule has 0 saturated carbocycles. The number of carbonyl (C=O) groups is 4. The minimum Gasteiger partial charge on any atom is -0.462 e. The molecule has 0 saturated heterocycles. The Morgan fingerprint density at radius 2 is 0.551 bits per heavy atom. The summed E-state index contributed by atoms with van der Waals surface area (Å²) in [5.74, 6) is -1.34. The molecule has 17 nitrogen and oxygen atoms in total. The van der Waals surface area contributed by atoms with Gasteiger partial charge in [0.1, 0.15) is 19.3 Å². The van der Waals surface area contributed by atoms with Crippen molar-refractivity contribution in [3.05, 3.63) is 24.3 Å². The van der Waals surface area contributed by atoms with E-state index in [-0.39, 0.29) is 25.7 Å². The molecule has 5 atom stereocenters. The van der Waals surface area contributed by atoms with E-state index in [4.69, 9.17) is 37.0 Å². The van der Waals surface area contributed by atoms with Crippen molar-refractivity contribution in [3.63, 3.8) is 0 Å². The predicted molar refractivity (Wildman–Crippen MR) is 400 cm³/mol. The zero-order valence-corrected chi connectivity index (χ0v) is 65.2. The molecule has 0 radical (unpaired) electrons. The normalized spacial score (nSPS) is 14.1. The summed E-state index contributed by atoms with van der Waals surface area (Å²) < 4.78 is 68.6. The van der Waals surface area contributed by atoms with Crippen molar-refractivity contribution in [2.45, 2.75) is 412 Å². The number of unbranched alkanes of at least 4 members (excludes halogenated alkanes) is 46. The van der Waals surface area contributed by atoms with Crippen molar-refractivity contribution in [1.82, 2.24) is 0 Å². The number of esters is 4. The van der Waals surface area contributed by atoms with Gasteiger partial charge in [-0.15, -0.1) is 0 Å². The van der Waals surface area contributed by atoms with Crippen LogP contribution < -0.4 is 0 Å². The maximum Gasteiger partial charge on any atom is 0.472 e. The Kier molecular flexibility index (Phi) is 69.7. The zero-order chi connectivity index (χ0) is 71.9. The van der Waals surface area contributed by atoms with E-state index in [1.807, 2.05) is 0 Å². The standard InChI is InChI=1S/C79H150O17P2/c1-6-9-12-15-18-21-24-27-28-34-38-43-48-53-58-63-77(82)90-69-75(96-79(84)65-60-55-50-45-40-35-30-29-33-36-41-46-51-56-61-72(4)5)71-94-98(87,88)92-67-73(80)66-91-97(85,86)93-70-74(95-78(83)64-59-54-49-44-39-32-26-23-20-17-14-11-8-3)68-89-76(81)62-57-52-47-42-37-31-25-22-19-16-13-10-7-2/h21,24,27-28,72-75,80H,6-20,22-23,25-26,29-71H2,1-5H3,(H,85,86)(H,87,88)/b24-21-,28-27-/t73-,74+,75+/m0/s1. The van der Waals surface area contributed by atoms with Gasteiger partial charge in [-0.3, -0.25) is 37.3 Å². The third-order valence-corrected chi connectivity index (χ3v) is 19.8. The highest BCUT2D eigenvalue weighted by atomic mass is 31.2. The SMILES string of the molecule is CCCCCC/C=C\C=C/CCCCCCCC(=O)OC[C@H](COP(=O)(O)OC[C@@H](O)COP(=O)(O)OC[C@@H](COC(=O)CCCCCCCCCCCCCCC)OC(=O)CCCCCCCCCCCCCCC)OC(=O)CCCCCCCCCCCCCCCCC(C)C. The van der Waals surface area contributed by atoms with Crippen molar-refractivity contribution in [2.75, 3.05) is 39.6 Å². The lowest BCUT2D eigenvalue weighted by Gasteiger charge is -2.21. The van der Waals surface area contributed by atoms with Crippen LogP contribution in [0.25, 0.3) is 0 Å². The summed E-state index contributed by atoms with van der Waals surface area (Å²) in [6.07, 6.45) is 64.4. The van der Waals surface area contributed by atoms with Gasteiger partial charge in [-0.25, -0.2) is 9.13 Å². The average Bonchev–Trinajstić information content (AvgIpc) is 1.11. The molecular formula is C79H150O17P2. The maximum absolute atomic E-state index is 13.1. The highest BCUT2D eigenvalue weighted by Gasteiger charge is 2.30. The van der Waals surface area contributed by atoms with Crippen LogP contribution in [0, 0.1) is 5.92 Å². The van der Waals surface area contributed by atoms with Crippen LogP contribution in [0.5, 0.6) is 0 Å². The first-order valence-corrected chi connectivity index (χ1v) is 43.4. The predicted octanol–water partition coefficient (Wildman–Crippen LogP) is 23.2. The van der Waals surface area contributed by atoms with Crippen molar-refractivity contribution in [1.29, 1.82) is 0 Å². The molecule has 0 rings (SSSR count). The number of hydrogen-bond donors (Lipinski definition) is 3. The number of rotatable bonds is 77. The fourth-order valence-electron chi connectivity index (χ4n) is 11.7. The molecule has 0 aliphatic rings.